The van der Waals surface area contributed by atoms with Gasteiger partial charge in [-0.3, -0.25) is 9.78 Å². The maximum Gasteiger partial charge on any atom is 0.345 e. The lowest BCUT2D eigenvalue weighted by molar-refractivity contribution is -0.114. The van der Waals surface area contributed by atoms with Gasteiger partial charge in [-0.05, 0) is 55.0 Å². The summed E-state index contributed by atoms with van der Waals surface area (Å²) in [7, 11) is 0. The van der Waals surface area contributed by atoms with Crippen LogP contribution in [0.5, 0.6) is 0 Å². The van der Waals surface area contributed by atoms with Gasteiger partial charge in [-0.2, -0.15) is 0 Å². The summed E-state index contributed by atoms with van der Waals surface area (Å²) in [6.45, 7) is 0. The van der Waals surface area contributed by atoms with E-state index in [-0.39, 0.29) is 17.1 Å². The van der Waals surface area contributed by atoms with E-state index in [1.165, 1.54) is 11.3 Å². The number of halogens is 2. The predicted octanol–water partition coefficient (Wildman–Crippen LogP) is 5.18. The van der Waals surface area contributed by atoms with Crippen LogP contribution < -0.4 is 0 Å². The second-order valence-corrected chi connectivity index (χ2v) is 8.75. The van der Waals surface area contributed by atoms with E-state index in [9.17, 15) is 9.59 Å². The van der Waals surface area contributed by atoms with Crippen LogP contribution in [0.3, 0.4) is 0 Å². The molecule has 0 unspecified atom stereocenters. The van der Waals surface area contributed by atoms with Crippen molar-refractivity contribution in [3.8, 4) is 0 Å². The smallest absolute Gasteiger partial charge is 0.345 e. The number of rotatable bonds is 7. The minimum Gasteiger partial charge on any atom is -0.477 e. The van der Waals surface area contributed by atoms with Crippen molar-refractivity contribution in [2.45, 2.75) is 37.5 Å². The zero-order valence-electron chi connectivity index (χ0n) is 14.5. The molecule has 7 heteroatoms. The number of thiophene rings is 1. The highest BCUT2D eigenvalue weighted by Crippen LogP contribution is 2.36. The molecular formula is C20H19Cl2NO3S. The van der Waals surface area contributed by atoms with Gasteiger partial charge in [0.2, 0.25) is 0 Å². The van der Waals surface area contributed by atoms with Crippen molar-refractivity contribution < 1.29 is 14.7 Å². The van der Waals surface area contributed by atoms with Crippen molar-refractivity contribution >= 4 is 46.3 Å². The highest BCUT2D eigenvalue weighted by atomic mass is 35.5. The average molecular weight is 424 g/mol. The van der Waals surface area contributed by atoms with Crippen molar-refractivity contribution in [1.82, 2.24) is 4.98 Å². The summed E-state index contributed by atoms with van der Waals surface area (Å²) in [6.07, 6.45) is 8.70. The number of hydrogen-bond acceptors (Lipinski definition) is 4. The Bertz CT molecular complexity index is 878. The van der Waals surface area contributed by atoms with Crippen molar-refractivity contribution in [1.29, 1.82) is 0 Å². The molecule has 1 N–H and O–H groups in total. The van der Waals surface area contributed by atoms with Crippen LogP contribution in [0.4, 0.5) is 0 Å². The van der Waals surface area contributed by atoms with Crippen LogP contribution >= 0.6 is 34.5 Å². The summed E-state index contributed by atoms with van der Waals surface area (Å²) >= 11 is 13.7. The number of carbonyl (C=O) groups is 2. The lowest BCUT2D eigenvalue weighted by Crippen LogP contribution is -2.10. The molecule has 0 aliphatic heterocycles. The summed E-state index contributed by atoms with van der Waals surface area (Å²) < 4.78 is 0. The van der Waals surface area contributed by atoms with Gasteiger partial charge in [-0.15, -0.1) is 22.9 Å². The molecular weight excluding hydrogens is 405 g/mol. The number of hydrogen-bond donors (Lipinski definition) is 1. The molecule has 1 fully saturated rings. The lowest BCUT2D eigenvalue weighted by Gasteiger charge is -2.14. The summed E-state index contributed by atoms with van der Waals surface area (Å²) in [5.41, 5.74) is 1.76. The van der Waals surface area contributed by atoms with Crippen LogP contribution in [0.1, 0.15) is 39.4 Å². The van der Waals surface area contributed by atoms with Gasteiger partial charge in [0, 0.05) is 35.0 Å². The Balaban J connectivity index is 1.62. The van der Waals surface area contributed by atoms with Gasteiger partial charge in [0.1, 0.15) is 4.88 Å². The molecule has 2 aromatic heterocycles. The van der Waals surface area contributed by atoms with Gasteiger partial charge >= 0.3 is 5.97 Å². The number of ketones is 1. The van der Waals surface area contributed by atoms with E-state index < -0.39 is 5.97 Å². The molecule has 0 spiro atoms. The normalized spacial score (nSPS) is 21.1. The summed E-state index contributed by atoms with van der Waals surface area (Å²) in [5.74, 6) is -0.751. The largest absolute Gasteiger partial charge is 0.477 e. The number of nitrogens with zero attached hydrogens (tertiary/aromatic N) is 1. The number of aromatic carboxylic acids is 1. The lowest BCUT2D eigenvalue weighted by atomic mass is 9.94. The Morgan fingerprint density at radius 2 is 2.19 bits per heavy atom. The standard InChI is InChI=1S/C20H19Cl2NO3S/c21-13-8-12(10-23-11-13)4-6-16-15(17(22)9-18(16)24)3-1-2-14-5-7-19(27-14)20(25)26/h5-8,10-11,15,17H,1-4,9H2,(H,25,26)/t15-,17-/m1/s1. The van der Waals surface area contributed by atoms with E-state index in [0.29, 0.717) is 22.7 Å². The third-order valence-corrected chi connectivity index (χ3v) is 6.47. The van der Waals surface area contributed by atoms with E-state index in [2.05, 4.69) is 4.98 Å². The number of carbonyl (C=O) groups excluding carboxylic acids is 1. The van der Waals surface area contributed by atoms with Gasteiger partial charge in [-0.1, -0.05) is 17.7 Å². The fraction of sp³-hybridized carbons (Fsp3) is 0.350. The van der Waals surface area contributed by atoms with Crippen molar-refractivity contribution in [3.63, 3.8) is 0 Å². The molecule has 0 amide bonds. The number of Topliss-reactive ketones (excluding diaryl/α,β-unsaturated/α-hetero) is 1. The number of aromatic nitrogens is 1. The minimum absolute atomic E-state index is 0.0326. The van der Waals surface area contributed by atoms with Gasteiger partial charge in [0.25, 0.3) is 0 Å². The van der Waals surface area contributed by atoms with Crippen LogP contribution in [-0.2, 0) is 17.6 Å². The van der Waals surface area contributed by atoms with Gasteiger partial charge in [-0.25, -0.2) is 4.79 Å². The minimum atomic E-state index is -0.894. The highest BCUT2D eigenvalue weighted by molar-refractivity contribution is 7.13. The Morgan fingerprint density at radius 1 is 1.37 bits per heavy atom. The zero-order valence-corrected chi connectivity index (χ0v) is 16.9. The Labute approximate surface area is 171 Å². The van der Waals surface area contributed by atoms with E-state index in [1.807, 2.05) is 18.2 Å². The number of aryl methyl sites for hydroxylation is 1. The second kappa shape index (κ2) is 9.00. The molecule has 27 heavy (non-hydrogen) atoms. The number of carboxylic acid groups (broad SMARTS) is 1. The fourth-order valence-electron chi connectivity index (χ4n) is 3.36. The molecule has 4 nitrogen and oxygen atoms in total. The zero-order chi connectivity index (χ0) is 19.4. The number of pyridine rings is 1. The Kier molecular flexibility index (Phi) is 6.68. The molecule has 2 atom stereocenters. The molecule has 0 radical (unpaired) electrons. The van der Waals surface area contributed by atoms with E-state index in [0.717, 1.165) is 35.3 Å². The number of alkyl halides is 1. The SMILES string of the molecule is O=C1C[C@@H](Cl)[C@H](CCCc2ccc(C(=O)O)s2)C1=CCc1cncc(Cl)c1. The summed E-state index contributed by atoms with van der Waals surface area (Å²) in [4.78, 5) is 28.8. The molecule has 3 rings (SSSR count). The van der Waals surface area contributed by atoms with Gasteiger partial charge in [0.05, 0.1) is 5.02 Å². The van der Waals surface area contributed by atoms with Crippen LogP contribution in [0.15, 0.2) is 42.2 Å². The first-order chi connectivity index (χ1) is 12.9. The number of allylic oxidation sites excluding steroid dienone is 2. The Morgan fingerprint density at radius 3 is 2.89 bits per heavy atom. The molecule has 0 bridgehead atoms. The molecule has 142 valence electrons. The summed E-state index contributed by atoms with van der Waals surface area (Å²) in [5, 5.41) is 9.39. The van der Waals surface area contributed by atoms with E-state index >= 15 is 0 Å². The van der Waals surface area contributed by atoms with E-state index in [4.69, 9.17) is 28.3 Å². The van der Waals surface area contributed by atoms with Gasteiger partial charge < -0.3 is 5.11 Å². The molecule has 1 aliphatic carbocycles. The first kappa shape index (κ1) is 20.1. The molecule has 1 saturated carbocycles. The molecule has 1 aliphatic rings. The van der Waals surface area contributed by atoms with Crippen LogP contribution in [-0.4, -0.2) is 27.2 Å². The van der Waals surface area contributed by atoms with Crippen molar-refractivity contribution in [3.05, 3.63) is 62.6 Å². The fourth-order valence-corrected chi connectivity index (χ4v) is 4.85. The molecule has 0 aromatic carbocycles. The molecule has 2 aromatic rings. The van der Waals surface area contributed by atoms with Crippen LogP contribution in [0.25, 0.3) is 0 Å². The van der Waals surface area contributed by atoms with Crippen molar-refractivity contribution in [2.75, 3.05) is 0 Å². The topological polar surface area (TPSA) is 67.3 Å². The van der Waals surface area contributed by atoms with Crippen LogP contribution in [0, 0.1) is 5.92 Å². The maximum atomic E-state index is 12.3. The van der Waals surface area contributed by atoms with Gasteiger partial charge in [0.15, 0.2) is 5.78 Å². The second-order valence-electron chi connectivity index (χ2n) is 6.59. The summed E-state index contributed by atoms with van der Waals surface area (Å²) in [6, 6.07) is 5.33. The highest BCUT2D eigenvalue weighted by Gasteiger charge is 2.35. The third-order valence-electron chi connectivity index (χ3n) is 4.67. The monoisotopic (exact) mass is 423 g/mol. The average Bonchev–Trinajstić information content (AvgIpc) is 3.19. The first-order valence-electron chi connectivity index (χ1n) is 8.73. The number of carboxylic acids is 1. The Hall–Kier alpha value is -1.69. The van der Waals surface area contributed by atoms with E-state index in [1.54, 1.807) is 18.5 Å². The molecule has 0 saturated heterocycles. The molecule has 2 heterocycles. The van der Waals surface area contributed by atoms with Crippen LogP contribution in [0.2, 0.25) is 5.02 Å². The quantitative estimate of drug-likeness (QED) is 0.491. The predicted molar refractivity (Wildman–Crippen MR) is 108 cm³/mol. The first-order valence-corrected chi connectivity index (χ1v) is 10.4. The third kappa shape index (κ3) is 5.18. The van der Waals surface area contributed by atoms with Crippen molar-refractivity contribution in [2.24, 2.45) is 5.92 Å². The maximum absolute atomic E-state index is 12.3.